The van der Waals surface area contributed by atoms with Gasteiger partial charge in [-0.05, 0) is 43.3 Å². The van der Waals surface area contributed by atoms with E-state index in [-0.39, 0.29) is 5.82 Å². The van der Waals surface area contributed by atoms with Crippen molar-refractivity contribution >= 4 is 43.8 Å². The molecule has 106 valence electrons. The Bertz CT molecular complexity index is 833. The van der Waals surface area contributed by atoms with Crippen LogP contribution in [0.1, 0.15) is 5.69 Å². The zero-order chi connectivity index (χ0) is 15.0. The number of benzene rings is 2. The van der Waals surface area contributed by atoms with Crippen LogP contribution in [0.15, 0.2) is 47.1 Å². The molecule has 0 fully saturated rings. The molecule has 0 aliphatic rings. The number of pyridine rings is 1. The van der Waals surface area contributed by atoms with Gasteiger partial charge in [0, 0.05) is 38.5 Å². The quantitative estimate of drug-likeness (QED) is 0.657. The van der Waals surface area contributed by atoms with Gasteiger partial charge in [0.05, 0.1) is 5.69 Å². The molecule has 21 heavy (non-hydrogen) atoms. The average Bonchev–Trinajstić information content (AvgIpc) is 2.44. The summed E-state index contributed by atoms with van der Waals surface area (Å²) in [5, 5.41) is 4.89. The fraction of sp³-hybridized carbons (Fsp3) is 0.0625. The Morgan fingerprint density at radius 2 is 1.86 bits per heavy atom. The number of nitrogens with zero attached hydrogens (tertiary/aromatic N) is 1. The van der Waals surface area contributed by atoms with Crippen LogP contribution in [0, 0.1) is 12.7 Å². The molecule has 0 saturated heterocycles. The van der Waals surface area contributed by atoms with Gasteiger partial charge in [0.25, 0.3) is 0 Å². The number of aryl methyl sites for hydroxylation is 1. The van der Waals surface area contributed by atoms with Gasteiger partial charge in [-0.25, -0.2) is 4.39 Å². The Kier molecular flexibility index (Phi) is 3.51. The number of rotatable bonds is 2. The Labute approximate surface area is 130 Å². The van der Waals surface area contributed by atoms with Gasteiger partial charge in [0.2, 0.25) is 0 Å². The maximum absolute atomic E-state index is 14.0. The lowest BCUT2D eigenvalue weighted by molar-refractivity contribution is 0.631. The Morgan fingerprint density at radius 3 is 2.62 bits per heavy atom. The van der Waals surface area contributed by atoms with Crippen molar-refractivity contribution in [3.63, 3.8) is 0 Å². The molecule has 5 heteroatoms. The third-order valence-electron chi connectivity index (χ3n) is 3.27. The number of anilines is 3. The van der Waals surface area contributed by atoms with Crippen LogP contribution in [0.25, 0.3) is 10.8 Å². The molecule has 0 bridgehead atoms. The van der Waals surface area contributed by atoms with Gasteiger partial charge in [-0.1, -0.05) is 15.9 Å². The van der Waals surface area contributed by atoms with Crippen molar-refractivity contribution in [3.8, 4) is 0 Å². The molecule has 1 heterocycles. The van der Waals surface area contributed by atoms with Crippen LogP contribution in [-0.2, 0) is 0 Å². The molecule has 0 radical (unpaired) electrons. The van der Waals surface area contributed by atoms with Gasteiger partial charge >= 0.3 is 0 Å². The average molecular weight is 346 g/mol. The fourth-order valence-corrected chi connectivity index (χ4v) is 2.54. The smallest absolute Gasteiger partial charge is 0.147 e. The molecule has 3 aromatic rings. The molecule has 0 atom stereocenters. The Morgan fingerprint density at radius 1 is 1.10 bits per heavy atom. The summed E-state index contributed by atoms with van der Waals surface area (Å²) < 4.78 is 14.7. The summed E-state index contributed by atoms with van der Waals surface area (Å²) in [7, 11) is 0. The van der Waals surface area contributed by atoms with E-state index >= 15 is 0 Å². The molecule has 0 aliphatic heterocycles. The number of hydrogen-bond acceptors (Lipinski definition) is 3. The van der Waals surface area contributed by atoms with Crippen molar-refractivity contribution in [2.45, 2.75) is 6.92 Å². The molecule has 0 saturated carbocycles. The zero-order valence-electron chi connectivity index (χ0n) is 11.3. The first kappa shape index (κ1) is 13.8. The normalized spacial score (nSPS) is 10.8. The topological polar surface area (TPSA) is 50.9 Å². The van der Waals surface area contributed by atoms with E-state index in [0.717, 1.165) is 22.2 Å². The molecular formula is C16H13BrFN3. The lowest BCUT2D eigenvalue weighted by Crippen LogP contribution is -1.97. The molecule has 0 amide bonds. The van der Waals surface area contributed by atoms with Gasteiger partial charge in [-0.15, -0.1) is 0 Å². The second-order valence-electron chi connectivity index (χ2n) is 4.82. The number of nitrogen functional groups attached to an aromatic ring is 1. The van der Waals surface area contributed by atoms with Gasteiger partial charge in [-0.2, -0.15) is 0 Å². The summed E-state index contributed by atoms with van der Waals surface area (Å²) >= 11 is 3.25. The molecule has 3 nitrogen and oxygen atoms in total. The van der Waals surface area contributed by atoms with Crippen molar-refractivity contribution < 1.29 is 4.39 Å². The van der Waals surface area contributed by atoms with Crippen molar-refractivity contribution in [1.82, 2.24) is 4.98 Å². The summed E-state index contributed by atoms with van der Waals surface area (Å²) in [5.74, 6) is -0.319. The highest BCUT2D eigenvalue weighted by molar-refractivity contribution is 9.10. The molecular weight excluding hydrogens is 333 g/mol. The van der Waals surface area contributed by atoms with E-state index in [4.69, 9.17) is 5.73 Å². The van der Waals surface area contributed by atoms with Crippen LogP contribution in [0.5, 0.6) is 0 Å². The van der Waals surface area contributed by atoms with E-state index in [0.29, 0.717) is 15.8 Å². The Balaban J connectivity index is 2.12. The van der Waals surface area contributed by atoms with E-state index in [1.807, 2.05) is 19.1 Å². The van der Waals surface area contributed by atoms with Crippen LogP contribution in [0.2, 0.25) is 0 Å². The molecule has 0 unspecified atom stereocenters. The summed E-state index contributed by atoms with van der Waals surface area (Å²) in [4.78, 5) is 4.26. The molecule has 3 rings (SSSR count). The first-order valence-corrected chi connectivity index (χ1v) is 7.21. The lowest BCUT2D eigenvalue weighted by Gasteiger charge is -2.12. The minimum absolute atomic E-state index is 0.319. The van der Waals surface area contributed by atoms with Gasteiger partial charge in [0.1, 0.15) is 5.82 Å². The van der Waals surface area contributed by atoms with Crippen LogP contribution in [-0.4, -0.2) is 4.98 Å². The van der Waals surface area contributed by atoms with Gasteiger partial charge in [0.15, 0.2) is 0 Å². The number of halogens is 2. The predicted octanol–water partition coefficient (Wildman–Crippen LogP) is 4.77. The first-order valence-electron chi connectivity index (χ1n) is 6.41. The van der Waals surface area contributed by atoms with Crippen LogP contribution in [0.4, 0.5) is 21.5 Å². The zero-order valence-corrected chi connectivity index (χ0v) is 12.9. The number of nitrogens with one attached hydrogen (secondary N) is 1. The number of hydrogen-bond donors (Lipinski definition) is 2. The standard InChI is InChI=1S/C16H13BrFN3/c1-9-6-11-12(8-20-9)14(19)3-5-15(11)21-16-4-2-10(17)7-13(16)18/h2-8,21H,19H2,1H3. The SMILES string of the molecule is Cc1cc2c(Nc3ccc(Br)cc3F)ccc(N)c2cn1. The Hall–Kier alpha value is -2.14. The van der Waals surface area contributed by atoms with E-state index in [1.54, 1.807) is 24.4 Å². The van der Waals surface area contributed by atoms with Crippen molar-refractivity contribution in [2.24, 2.45) is 0 Å². The van der Waals surface area contributed by atoms with E-state index in [9.17, 15) is 4.39 Å². The molecule has 0 aliphatic carbocycles. The highest BCUT2D eigenvalue weighted by atomic mass is 79.9. The van der Waals surface area contributed by atoms with Crippen LogP contribution >= 0.6 is 15.9 Å². The minimum atomic E-state index is -0.319. The van der Waals surface area contributed by atoms with Gasteiger partial charge in [-0.3, -0.25) is 4.98 Å². The van der Waals surface area contributed by atoms with Crippen LogP contribution in [0.3, 0.4) is 0 Å². The predicted molar refractivity (Wildman–Crippen MR) is 88.3 cm³/mol. The fourth-order valence-electron chi connectivity index (χ4n) is 2.21. The third-order valence-corrected chi connectivity index (χ3v) is 3.77. The van der Waals surface area contributed by atoms with E-state index < -0.39 is 0 Å². The first-order chi connectivity index (χ1) is 10.0. The number of nitrogens with two attached hydrogens (primary N) is 1. The van der Waals surface area contributed by atoms with E-state index in [2.05, 4.69) is 26.2 Å². The summed E-state index contributed by atoms with van der Waals surface area (Å²) in [5.41, 5.74) is 8.72. The maximum Gasteiger partial charge on any atom is 0.147 e. The molecule has 1 aromatic heterocycles. The molecule has 2 aromatic carbocycles. The van der Waals surface area contributed by atoms with Crippen LogP contribution < -0.4 is 11.1 Å². The summed E-state index contributed by atoms with van der Waals surface area (Å²) in [6, 6.07) is 10.5. The highest BCUT2D eigenvalue weighted by Gasteiger charge is 2.08. The van der Waals surface area contributed by atoms with E-state index in [1.165, 1.54) is 6.07 Å². The molecule has 3 N–H and O–H groups in total. The van der Waals surface area contributed by atoms with Crippen molar-refractivity contribution in [1.29, 1.82) is 0 Å². The second-order valence-corrected chi connectivity index (χ2v) is 5.74. The summed E-state index contributed by atoms with van der Waals surface area (Å²) in [6.45, 7) is 1.91. The van der Waals surface area contributed by atoms with Gasteiger partial charge < -0.3 is 11.1 Å². The number of aromatic nitrogens is 1. The summed E-state index contributed by atoms with van der Waals surface area (Å²) in [6.07, 6.45) is 1.74. The lowest BCUT2D eigenvalue weighted by atomic mass is 10.1. The number of fused-ring (bicyclic) bond motifs is 1. The highest BCUT2D eigenvalue weighted by Crippen LogP contribution is 2.31. The minimum Gasteiger partial charge on any atom is -0.398 e. The monoisotopic (exact) mass is 345 g/mol. The largest absolute Gasteiger partial charge is 0.398 e. The third kappa shape index (κ3) is 2.69. The second kappa shape index (κ2) is 5.33. The van der Waals surface area contributed by atoms with Crippen molar-refractivity contribution in [3.05, 3.63) is 58.6 Å². The van der Waals surface area contributed by atoms with Crippen molar-refractivity contribution in [2.75, 3.05) is 11.1 Å². The maximum atomic E-state index is 14.0. The molecule has 0 spiro atoms.